The van der Waals surface area contributed by atoms with E-state index in [1.165, 1.54) is 0 Å². The largest absolute Gasteiger partial charge is 0.481 e. The molecule has 0 aromatic heterocycles. The summed E-state index contributed by atoms with van der Waals surface area (Å²) in [6.07, 6.45) is 0. The predicted molar refractivity (Wildman–Crippen MR) is 48.4 cm³/mol. The number of hydrogen-bond donors (Lipinski definition) is 2. The molecule has 0 atom stereocenters. The van der Waals surface area contributed by atoms with Crippen LogP contribution in [0.3, 0.4) is 0 Å². The van der Waals surface area contributed by atoms with Gasteiger partial charge in [0.2, 0.25) is 0 Å². The number of rotatable bonds is 0. The van der Waals surface area contributed by atoms with Gasteiger partial charge in [0.25, 0.3) is 5.97 Å². The van der Waals surface area contributed by atoms with Crippen LogP contribution in [-0.2, 0) is 37.5 Å². The van der Waals surface area contributed by atoms with Crippen molar-refractivity contribution >= 4 is 5.97 Å². The number of carbonyl (C=O) groups is 1. The van der Waals surface area contributed by atoms with Crippen molar-refractivity contribution < 1.29 is 47.7 Å². The minimum absolute atomic E-state index is 0. The minimum Gasteiger partial charge on any atom is -0.481 e. The van der Waals surface area contributed by atoms with Crippen LogP contribution in [0.15, 0.2) is 0 Å². The maximum absolute atomic E-state index is 9.00. The molecule has 0 saturated heterocycles. The van der Waals surface area contributed by atoms with Crippen molar-refractivity contribution in [3.63, 3.8) is 0 Å². The molecule has 0 aliphatic rings. The van der Waals surface area contributed by atoms with E-state index in [0.29, 0.717) is 0 Å². The number of aliphatic hydroxyl groups excluding tert-OH is 1. The van der Waals surface area contributed by atoms with Crippen LogP contribution in [0.25, 0.3) is 0 Å². The number of aliphatic carboxylic acids is 1. The molecule has 0 spiro atoms. The van der Waals surface area contributed by atoms with Gasteiger partial charge in [0.1, 0.15) is 0 Å². The molecular weight excluding hydrogens is 221 g/mol. The van der Waals surface area contributed by atoms with Gasteiger partial charge in [-0.25, -0.2) is 0 Å². The van der Waals surface area contributed by atoms with Gasteiger partial charge < -0.3 is 10.2 Å². The van der Waals surface area contributed by atoms with E-state index in [1.54, 1.807) is 0 Å². The summed E-state index contributed by atoms with van der Waals surface area (Å²) in [7, 11) is 1.00. The summed E-state index contributed by atoms with van der Waals surface area (Å²) < 4.78 is 0. The van der Waals surface area contributed by atoms with Crippen molar-refractivity contribution in [1.29, 1.82) is 0 Å². The molecule has 0 aliphatic carbocycles. The molecule has 2 N–H and O–H groups in total. The second-order valence-corrected chi connectivity index (χ2v) is 0.519. The first kappa shape index (κ1) is 62.3. The van der Waals surface area contributed by atoms with Gasteiger partial charge in [0, 0.05) is 46.7 Å². The normalized spacial score (nSPS) is 2.82. The van der Waals surface area contributed by atoms with E-state index >= 15 is 0 Å². The second kappa shape index (κ2) is 76.7. The van der Waals surface area contributed by atoms with Gasteiger partial charge in [-0.2, -0.15) is 0 Å². The van der Waals surface area contributed by atoms with Gasteiger partial charge in [-0.15, -0.1) is 0 Å². The van der Waals surface area contributed by atoms with Crippen molar-refractivity contribution in [2.24, 2.45) is 0 Å². The summed E-state index contributed by atoms with van der Waals surface area (Å²) >= 11 is 0. The van der Waals surface area contributed by atoms with Crippen molar-refractivity contribution in [2.75, 3.05) is 7.11 Å². The minimum atomic E-state index is -0.833. The first-order valence-corrected chi connectivity index (χ1v) is 1.37. The van der Waals surface area contributed by atoms with Crippen LogP contribution in [0.2, 0.25) is 0 Å². The standard InChI is InChI=1S/C2H4O2.CH4O.4CH4.Y/c1-2(3)4;1-2;;;;;/h1H3,(H,3,4);2H,1H3;4*1H4;. The molecule has 0 aromatic carbocycles. The van der Waals surface area contributed by atoms with E-state index in [0.717, 1.165) is 14.0 Å². The van der Waals surface area contributed by atoms with Crippen LogP contribution in [0.1, 0.15) is 36.6 Å². The summed E-state index contributed by atoms with van der Waals surface area (Å²) in [5.41, 5.74) is 0. The van der Waals surface area contributed by atoms with Gasteiger partial charge in [-0.05, 0) is 0 Å². The Morgan fingerprint density at radius 2 is 1.00 bits per heavy atom. The van der Waals surface area contributed by atoms with E-state index in [1.807, 2.05) is 0 Å². The zero-order valence-electron chi connectivity index (χ0n) is 4.38. The van der Waals surface area contributed by atoms with E-state index in [-0.39, 0.29) is 62.4 Å². The molecule has 0 unspecified atom stereocenters. The van der Waals surface area contributed by atoms with Crippen LogP contribution in [-0.4, -0.2) is 23.3 Å². The smallest absolute Gasteiger partial charge is 0.300 e. The average Bonchev–Trinajstić information content (AvgIpc) is 1.41. The molecule has 0 aromatic rings. The average molecular weight is 245 g/mol. The van der Waals surface area contributed by atoms with Gasteiger partial charge in [-0.3, -0.25) is 4.79 Å². The quantitative estimate of drug-likeness (QED) is 0.688. The molecule has 4 heteroatoms. The van der Waals surface area contributed by atoms with Crippen LogP contribution in [0, 0.1) is 0 Å². The number of carboxylic acid groups (broad SMARTS) is 1. The first-order valence-electron chi connectivity index (χ1n) is 1.37. The molecular formula is C7H24O3Y. The molecule has 1 radical (unpaired) electrons. The fourth-order valence-corrected chi connectivity index (χ4v) is 0. The third-order valence-electron chi connectivity index (χ3n) is 0. The maximum Gasteiger partial charge on any atom is 0.300 e. The molecule has 73 valence electrons. The van der Waals surface area contributed by atoms with E-state index < -0.39 is 5.97 Å². The second-order valence-electron chi connectivity index (χ2n) is 0.519. The summed E-state index contributed by atoms with van der Waals surface area (Å²) in [4.78, 5) is 9.00. The number of aliphatic hydroxyl groups is 1. The van der Waals surface area contributed by atoms with E-state index in [4.69, 9.17) is 15.0 Å². The zero-order chi connectivity index (χ0) is 5.58. The third-order valence-corrected chi connectivity index (χ3v) is 0. The fraction of sp³-hybridized carbons (Fsp3) is 0.857. The molecule has 0 heterocycles. The summed E-state index contributed by atoms with van der Waals surface area (Å²) in [6.45, 7) is 1.08. The Morgan fingerprint density at radius 3 is 1.00 bits per heavy atom. The van der Waals surface area contributed by atoms with Gasteiger partial charge >= 0.3 is 0 Å². The third kappa shape index (κ3) is 2690. The molecule has 0 bridgehead atoms. The fourth-order valence-electron chi connectivity index (χ4n) is 0. The topological polar surface area (TPSA) is 57.5 Å². The Hall–Kier alpha value is 0.534. The maximum atomic E-state index is 9.00. The van der Waals surface area contributed by atoms with Crippen molar-refractivity contribution in [3.8, 4) is 0 Å². The van der Waals surface area contributed by atoms with Gasteiger partial charge in [0.15, 0.2) is 0 Å². The predicted octanol–water partition coefficient (Wildman–Crippen LogP) is 2.24. The number of hydrogen-bond acceptors (Lipinski definition) is 2. The molecule has 0 amide bonds. The summed E-state index contributed by atoms with van der Waals surface area (Å²) in [5.74, 6) is -0.833. The Labute approximate surface area is 97.1 Å². The molecule has 0 saturated carbocycles. The molecule has 0 aliphatic heterocycles. The Morgan fingerprint density at radius 1 is 1.00 bits per heavy atom. The van der Waals surface area contributed by atoms with Crippen LogP contribution in [0.5, 0.6) is 0 Å². The monoisotopic (exact) mass is 245 g/mol. The van der Waals surface area contributed by atoms with Crippen molar-refractivity contribution in [2.45, 2.75) is 36.6 Å². The molecule has 0 fully saturated rings. The van der Waals surface area contributed by atoms with Gasteiger partial charge in [-0.1, -0.05) is 29.7 Å². The van der Waals surface area contributed by atoms with Gasteiger partial charge in [0.05, 0.1) is 0 Å². The molecule has 11 heavy (non-hydrogen) atoms. The Kier molecular flexibility index (Phi) is 434. The van der Waals surface area contributed by atoms with E-state index in [2.05, 4.69) is 0 Å². The van der Waals surface area contributed by atoms with Crippen LogP contribution in [0.4, 0.5) is 0 Å². The summed E-state index contributed by atoms with van der Waals surface area (Å²) in [5, 5.41) is 14.4. The van der Waals surface area contributed by atoms with Crippen molar-refractivity contribution in [1.82, 2.24) is 0 Å². The zero-order valence-corrected chi connectivity index (χ0v) is 7.22. The Balaban J connectivity index is -0.00000000432. The Bertz CT molecular complexity index is 36.7. The number of carboxylic acids is 1. The van der Waals surface area contributed by atoms with E-state index in [9.17, 15) is 0 Å². The van der Waals surface area contributed by atoms with Crippen LogP contribution < -0.4 is 0 Å². The first-order chi connectivity index (χ1) is 2.73. The summed E-state index contributed by atoms with van der Waals surface area (Å²) in [6, 6.07) is 0. The van der Waals surface area contributed by atoms with Crippen LogP contribution >= 0.6 is 0 Å². The van der Waals surface area contributed by atoms with Crippen molar-refractivity contribution in [3.05, 3.63) is 0 Å². The SMILES string of the molecule is C.C.C.C.CC(=O)O.CO.[Y]. The molecule has 0 rings (SSSR count). The molecule has 3 nitrogen and oxygen atoms in total.